The zero-order valence-corrected chi connectivity index (χ0v) is 12.4. The van der Waals surface area contributed by atoms with Crippen molar-refractivity contribution in [1.29, 1.82) is 0 Å². The van der Waals surface area contributed by atoms with Crippen molar-refractivity contribution in [2.24, 2.45) is 0 Å². The number of aliphatic hydroxyl groups excluding tert-OH is 1. The molecule has 2 fully saturated rings. The number of hydrogen-bond acceptors (Lipinski definition) is 4. The minimum Gasteiger partial charge on any atom is -0.465 e. The first-order valence-corrected chi connectivity index (χ1v) is 7.90. The Morgan fingerprint density at radius 2 is 2.15 bits per heavy atom. The lowest BCUT2D eigenvalue weighted by molar-refractivity contribution is 0.00834. The largest absolute Gasteiger partial charge is 0.465 e. The van der Waals surface area contributed by atoms with Crippen LogP contribution < -0.4 is 0 Å². The molecular formula is C16H26N2O2. The molecule has 2 heterocycles. The summed E-state index contributed by atoms with van der Waals surface area (Å²) in [6.07, 6.45) is 4.98. The van der Waals surface area contributed by atoms with Gasteiger partial charge in [0.15, 0.2) is 0 Å². The zero-order chi connectivity index (χ0) is 13.9. The van der Waals surface area contributed by atoms with Crippen LogP contribution >= 0.6 is 0 Å². The van der Waals surface area contributed by atoms with E-state index in [1.54, 1.807) is 0 Å². The third-order valence-electron chi connectivity index (χ3n) is 4.84. The summed E-state index contributed by atoms with van der Waals surface area (Å²) in [7, 11) is 0. The van der Waals surface area contributed by atoms with E-state index < -0.39 is 0 Å². The van der Waals surface area contributed by atoms with E-state index in [4.69, 9.17) is 4.42 Å². The maximum Gasteiger partial charge on any atom is 0.118 e. The van der Waals surface area contributed by atoms with Crippen molar-refractivity contribution < 1.29 is 9.52 Å². The zero-order valence-electron chi connectivity index (χ0n) is 12.4. The van der Waals surface area contributed by atoms with Crippen LogP contribution in [0.1, 0.15) is 37.2 Å². The lowest BCUT2D eigenvalue weighted by Gasteiger charge is -2.46. The fraction of sp³-hybridized carbons (Fsp3) is 0.750. The highest BCUT2D eigenvalue weighted by atomic mass is 16.3. The Labute approximate surface area is 121 Å². The molecule has 0 radical (unpaired) electrons. The van der Waals surface area contributed by atoms with E-state index in [-0.39, 0.29) is 6.61 Å². The average Bonchev–Trinajstić information content (AvgIpc) is 2.76. The molecule has 1 saturated heterocycles. The number of rotatable bonds is 5. The summed E-state index contributed by atoms with van der Waals surface area (Å²) >= 11 is 0. The van der Waals surface area contributed by atoms with Crippen LogP contribution in [0.3, 0.4) is 0 Å². The monoisotopic (exact) mass is 278 g/mol. The smallest absolute Gasteiger partial charge is 0.118 e. The maximum absolute atomic E-state index is 9.33. The molecule has 0 amide bonds. The predicted molar refractivity (Wildman–Crippen MR) is 78.6 cm³/mol. The topological polar surface area (TPSA) is 39.9 Å². The number of aliphatic hydroxyl groups is 1. The summed E-state index contributed by atoms with van der Waals surface area (Å²) in [4.78, 5) is 5.11. The van der Waals surface area contributed by atoms with Gasteiger partial charge in [0, 0.05) is 38.3 Å². The Morgan fingerprint density at radius 1 is 1.30 bits per heavy atom. The number of piperazine rings is 1. The Bertz CT molecular complexity index is 428. The maximum atomic E-state index is 9.33. The fourth-order valence-electron chi connectivity index (χ4n) is 3.40. The van der Waals surface area contributed by atoms with Gasteiger partial charge in [-0.25, -0.2) is 0 Å². The van der Waals surface area contributed by atoms with Crippen molar-refractivity contribution in [2.45, 2.75) is 51.2 Å². The average molecular weight is 278 g/mol. The molecule has 1 aromatic rings. The van der Waals surface area contributed by atoms with Gasteiger partial charge < -0.3 is 9.52 Å². The van der Waals surface area contributed by atoms with Crippen molar-refractivity contribution in [3.63, 3.8) is 0 Å². The van der Waals surface area contributed by atoms with E-state index in [2.05, 4.69) is 15.9 Å². The van der Waals surface area contributed by atoms with Crippen LogP contribution in [0, 0.1) is 6.92 Å². The lowest BCUT2D eigenvalue weighted by atomic mass is 9.90. The first-order valence-electron chi connectivity index (χ1n) is 7.90. The van der Waals surface area contributed by atoms with Gasteiger partial charge in [0.25, 0.3) is 0 Å². The second-order valence-electron chi connectivity index (χ2n) is 6.23. The van der Waals surface area contributed by atoms with Crippen molar-refractivity contribution >= 4 is 0 Å². The predicted octanol–water partition coefficient (Wildman–Crippen LogP) is 2.01. The molecule has 3 rings (SSSR count). The van der Waals surface area contributed by atoms with Crippen molar-refractivity contribution in [1.82, 2.24) is 9.80 Å². The molecule has 0 unspecified atom stereocenters. The summed E-state index contributed by atoms with van der Waals surface area (Å²) in [6, 6.07) is 5.37. The third kappa shape index (κ3) is 3.08. The second-order valence-corrected chi connectivity index (χ2v) is 6.23. The van der Waals surface area contributed by atoms with E-state index in [9.17, 15) is 5.11 Å². The van der Waals surface area contributed by atoms with Crippen LogP contribution in [0.5, 0.6) is 0 Å². The molecule has 20 heavy (non-hydrogen) atoms. The summed E-state index contributed by atoms with van der Waals surface area (Å²) in [5, 5.41) is 9.33. The highest BCUT2D eigenvalue weighted by Crippen LogP contribution is 2.28. The van der Waals surface area contributed by atoms with Crippen LogP contribution in [0.15, 0.2) is 16.5 Å². The van der Waals surface area contributed by atoms with E-state index in [1.165, 1.54) is 19.3 Å². The van der Waals surface area contributed by atoms with E-state index in [0.29, 0.717) is 6.04 Å². The van der Waals surface area contributed by atoms with Gasteiger partial charge in [-0.15, -0.1) is 0 Å². The lowest BCUT2D eigenvalue weighted by Crippen LogP contribution is -2.56. The highest BCUT2D eigenvalue weighted by molar-refractivity contribution is 5.06. The summed E-state index contributed by atoms with van der Waals surface area (Å²) in [5.74, 6) is 2.02. The van der Waals surface area contributed by atoms with Gasteiger partial charge in [-0.3, -0.25) is 9.80 Å². The first kappa shape index (κ1) is 14.1. The Balaban J connectivity index is 1.61. The van der Waals surface area contributed by atoms with Gasteiger partial charge in [-0.05, 0) is 38.3 Å². The number of hydrogen-bond donors (Lipinski definition) is 1. The molecule has 1 aliphatic heterocycles. The van der Waals surface area contributed by atoms with Crippen molar-refractivity contribution in [3.05, 3.63) is 23.7 Å². The van der Waals surface area contributed by atoms with Gasteiger partial charge in [0.05, 0.1) is 6.54 Å². The Hall–Kier alpha value is -0.840. The SMILES string of the molecule is Cc1ccc(CN2CCN(C3CCC3)C[C@H]2CCO)o1. The standard InChI is InChI=1S/C16H26N2O2/c1-13-5-6-16(20-13)12-18-9-8-17(14-3-2-4-14)11-15(18)7-10-19/h5-6,14-15,19H,2-4,7-12H2,1H3/t15-/m1/s1. The minimum atomic E-state index is 0.275. The number of furan rings is 1. The van der Waals surface area contributed by atoms with E-state index in [1.807, 2.05) is 13.0 Å². The molecule has 0 spiro atoms. The molecule has 2 aliphatic rings. The van der Waals surface area contributed by atoms with Crippen LogP contribution in [0.4, 0.5) is 0 Å². The summed E-state index contributed by atoms with van der Waals surface area (Å²) in [5.41, 5.74) is 0. The van der Waals surface area contributed by atoms with E-state index >= 15 is 0 Å². The molecule has 1 saturated carbocycles. The highest BCUT2D eigenvalue weighted by Gasteiger charge is 2.33. The summed E-state index contributed by atoms with van der Waals surface area (Å²) in [6.45, 7) is 6.48. The minimum absolute atomic E-state index is 0.275. The Kier molecular flexibility index (Phi) is 4.44. The van der Waals surface area contributed by atoms with Gasteiger partial charge in [-0.1, -0.05) is 6.42 Å². The van der Waals surface area contributed by atoms with Crippen LogP contribution in [0.2, 0.25) is 0 Å². The van der Waals surface area contributed by atoms with Crippen LogP contribution in [-0.2, 0) is 6.54 Å². The molecule has 1 N–H and O–H groups in total. The van der Waals surface area contributed by atoms with Crippen molar-refractivity contribution in [3.8, 4) is 0 Å². The Morgan fingerprint density at radius 3 is 2.75 bits per heavy atom. The normalized spacial score (nSPS) is 25.8. The van der Waals surface area contributed by atoms with Gasteiger partial charge in [0.2, 0.25) is 0 Å². The molecule has 0 bridgehead atoms. The van der Waals surface area contributed by atoms with Crippen molar-refractivity contribution in [2.75, 3.05) is 26.2 Å². The molecule has 0 aromatic carbocycles. The fourth-order valence-corrected chi connectivity index (χ4v) is 3.40. The first-order chi connectivity index (χ1) is 9.76. The third-order valence-corrected chi connectivity index (χ3v) is 4.84. The van der Waals surface area contributed by atoms with Crippen LogP contribution in [-0.4, -0.2) is 53.2 Å². The van der Waals surface area contributed by atoms with Gasteiger partial charge >= 0.3 is 0 Å². The van der Waals surface area contributed by atoms with Gasteiger partial charge in [-0.2, -0.15) is 0 Å². The van der Waals surface area contributed by atoms with Crippen LogP contribution in [0.25, 0.3) is 0 Å². The molecule has 1 aromatic heterocycles. The molecule has 4 nitrogen and oxygen atoms in total. The molecule has 112 valence electrons. The summed E-state index contributed by atoms with van der Waals surface area (Å²) < 4.78 is 5.70. The second kappa shape index (κ2) is 6.29. The van der Waals surface area contributed by atoms with E-state index in [0.717, 1.165) is 50.2 Å². The van der Waals surface area contributed by atoms with Gasteiger partial charge in [0.1, 0.15) is 11.5 Å². The molecule has 1 aliphatic carbocycles. The quantitative estimate of drug-likeness (QED) is 0.894. The molecule has 4 heteroatoms. The molecular weight excluding hydrogens is 252 g/mol. The number of nitrogens with zero attached hydrogens (tertiary/aromatic N) is 2. The molecule has 1 atom stereocenters. The number of aryl methyl sites for hydroxylation is 1.